The van der Waals surface area contributed by atoms with Gasteiger partial charge in [-0.2, -0.15) is 0 Å². The van der Waals surface area contributed by atoms with E-state index in [4.69, 9.17) is 10.6 Å². The maximum Gasteiger partial charge on any atom is 0.128 e. The molecule has 0 aliphatic carbocycles. The highest BCUT2D eigenvalue weighted by Crippen LogP contribution is 2.21. The minimum atomic E-state index is -0.578. The van der Waals surface area contributed by atoms with E-state index in [1.54, 1.807) is 6.92 Å². The van der Waals surface area contributed by atoms with Crippen molar-refractivity contribution < 1.29 is 13.5 Å². The third-order valence-electron chi connectivity index (χ3n) is 2.31. The second kappa shape index (κ2) is 5.16. The van der Waals surface area contributed by atoms with Crippen LogP contribution in [0.25, 0.3) is 0 Å². The van der Waals surface area contributed by atoms with Gasteiger partial charge >= 0.3 is 0 Å². The van der Waals surface area contributed by atoms with E-state index < -0.39 is 17.7 Å². The first-order valence-corrected chi connectivity index (χ1v) is 4.54. The van der Waals surface area contributed by atoms with Gasteiger partial charge in [-0.1, -0.05) is 0 Å². The smallest absolute Gasteiger partial charge is 0.128 e. The number of benzene rings is 1. The van der Waals surface area contributed by atoms with Gasteiger partial charge in [-0.25, -0.2) is 8.78 Å². The lowest BCUT2D eigenvalue weighted by atomic mass is 10.0. The Bertz CT molecular complexity index is 333. The highest BCUT2D eigenvalue weighted by molar-refractivity contribution is 5.23. The van der Waals surface area contributed by atoms with E-state index in [0.29, 0.717) is 0 Å². The minimum absolute atomic E-state index is 0.159. The first kappa shape index (κ1) is 12.0. The van der Waals surface area contributed by atoms with Gasteiger partial charge in [-0.3, -0.25) is 11.3 Å². The van der Waals surface area contributed by atoms with Crippen LogP contribution in [0.5, 0.6) is 0 Å². The van der Waals surface area contributed by atoms with Crippen molar-refractivity contribution in [3.63, 3.8) is 0 Å². The van der Waals surface area contributed by atoms with Crippen LogP contribution in [0.1, 0.15) is 18.5 Å². The fourth-order valence-corrected chi connectivity index (χ4v) is 1.37. The van der Waals surface area contributed by atoms with Gasteiger partial charge < -0.3 is 4.74 Å². The van der Waals surface area contributed by atoms with Gasteiger partial charge in [0.1, 0.15) is 11.6 Å². The van der Waals surface area contributed by atoms with Crippen molar-refractivity contribution in [2.45, 2.75) is 19.1 Å². The van der Waals surface area contributed by atoms with Crippen molar-refractivity contribution in [1.29, 1.82) is 0 Å². The molecule has 2 atom stereocenters. The fraction of sp³-hybridized carbons (Fsp3) is 0.400. The van der Waals surface area contributed by atoms with Crippen LogP contribution in [0.3, 0.4) is 0 Å². The molecular weight excluding hydrogens is 202 g/mol. The molecule has 0 bridgehead atoms. The average molecular weight is 216 g/mol. The number of rotatable bonds is 4. The van der Waals surface area contributed by atoms with Crippen molar-refractivity contribution in [3.05, 3.63) is 35.4 Å². The number of nitrogens with two attached hydrogens (primary N) is 1. The van der Waals surface area contributed by atoms with Crippen LogP contribution in [-0.4, -0.2) is 13.2 Å². The lowest BCUT2D eigenvalue weighted by Gasteiger charge is -2.22. The maximum absolute atomic E-state index is 13.4. The Morgan fingerprint density at radius 1 is 1.40 bits per heavy atom. The van der Waals surface area contributed by atoms with Gasteiger partial charge in [0.25, 0.3) is 0 Å². The van der Waals surface area contributed by atoms with E-state index in [-0.39, 0.29) is 11.7 Å². The maximum atomic E-state index is 13.4. The number of halogens is 2. The quantitative estimate of drug-likeness (QED) is 0.592. The predicted molar refractivity (Wildman–Crippen MR) is 52.9 cm³/mol. The van der Waals surface area contributed by atoms with Crippen LogP contribution >= 0.6 is 0 Å². The summed E-state index contributed by atoms with van der Waals surface area (Å²) in [6, 6.07) is 2.65. The van der Waals surface area contributed by atoms with E-state index in [1.807, 2.05) is 0 Å². The predicted octanol–water partition coefficient (Wildman–Crippen LogP) is 1.50. The monoisotopic (exact) mass is 216 g/mol. The van der Waals surface area contributed by atoms with Crippen molar-refractivity contribution in [2.75, 3.05) is 7.11 Å². The van der Waals surface area contributed by atoms with Crippen LogP contribution in [0.4, 0.5) is 8.78 Å². The van der Waals surface area contributed by atoms with Crippen LogP contribution in [-0.2, 0) is 4.74 Å². The highest BCUT2D eigenvalue weighted by Gasteiger charge is 2.21. The van der Waals surface area contributed by atoms with Crippen LogP contribution in [0.2, 0.25) is 0 Å². The molecule has 0 fully saturated rings. The summed E-state index contributed by atoms with van der Waals surface area (Å²) in [5, 5.41) is 0. The van der Waals surface area contributed by atoms with Gasteiger partial charge in [-0.05, 0) is 25.1 Å². The Balaban J connectivity index is 3.05. The largest absolute Gasteiger partial charge is 0.380 e. The first-order chi connectivity index (χ1) is 7.10. The van der Waals surface area contributed by atoms with Crippen molar-refractivity contribution >= 4 is 0 Å². The molecule has 15 heavy (non-hydrogen) atoms. The summed E-state index contributed by atoms with van der Waals surface area (Å²) in [5.41, 5.74) is 2.56. The number of hydrazine groups is 1. The molecule has 0 saturated heterocycles. The molecule has 0 spiro atoms. The van der Waals surface area contributed by atoms with E-state index in [2.05, 4.69) is 5.43 Å². The first-order valence-electron chi connectivity index (χ1n) is 4.54. The Morgan fingerprint density at radius 2 is 2.07 bits per heavy atom. The molecule has 0 aliphatic heterocycles. The average Bonchev–Trinajstić information content (AvgIpc) is 2.23. The van der Waals surface area contributed by atoms with E-state index >= 15 is 0 Å². The lowest BCUT2D eigenvalue weighted by Crippen LogP contribution is -2.36. The fourth-order valence-electron chi connectivity index (χ4n) is 1.37. The molecule has 0 aromatic heterocycles. The van der Waals surface area contributed by atoms with Crippen molar-refractivity contribution in [1.82, 2.24) is 5.43 Å². The van der Waals surface area contributed by atoms with E-state index in [0.717, 1.165) is 18.2 Å². The topological polar surface area (TPSA) is 47.3 Å². The molecule has 0 amide bonds. The number of ether oxygens (including phenoxy) is 1. The Kier molecular flexibility index (Phi) is 4.14. The van der Waals surface area contributed by atoms with Crippen LogP contribution in [0.15, 0.2) is 18.2 Å². The van der Waals surface area contributed by atoms with Gasteiger partial charge in [0, 0.05) is 12.7 Å². The van der Waals surface area contributed by atoms with E-state index in [1.165, 1.54) is 7.11 Å². The molecule has 0 heterocycles. The molecule has 0 saturated carbocycles. The van der Waals surface area contributed by atoms with Crippen LogP contribution < -0.4 is 11.3 Å². The summed E-state index contributed by atoms with van der Waals surface area (Å²) < 4.78 is 31.3. The highest BCUT2D eigenvalue weighted by atomic mass is 19.1. The number of methoxy groups -OCH3 is 1. The normalized spacial score (nSPS) is 15.0. The summed E-state index contributed by atoms with van der Waals surface area (Å²) in [5.74, 6) is 4.27. The summed E-state index contributed by atoms with van der Waals surface area (Å²) in [7, 11) is 1.48. The molecule has 84 valence electrons. The van der Waals surface area contributed by atoms with Gasteiger partial charge in [0.05, 0.1) is 12.1 Å². The molecule has 0 aliphatic rings. The Morgan fingerprint density at radius 3 is 2.60 bits per heavy atom. The summed E-state index contributed by atoms with van der Waals surface area (Å²) >= 11 is 0. The SMILES string of the molecule is COC(C)C(NN)c1cc(F)ccc1F. The molecule has 0 radical (unpaired) electrons. The standard InChI is InChI=1S/C10H14F2N2O/c1-6(15-2)10(14-13)8-5-7(11)3-4-9(8)12/h3-6,10,14H,13H2,1-2H3. The molecule has 3 N–H and O–H groups in total. The summed E-state index contributed by atoms with van der Waals surface area (Å²) in [4.78, 5) is 0. The second-order valence-electron chi connectivity index (χ2n) is 3.25. The molecular formula is C10H14F2N2O. The van der Waals surface area contributed by atoms with Crippen LogP contribution in [0, 0.1) is 11.6 Å². The summed E-state index contributed by atoms with van der Waals surface area (Å²) in [6.07, 6.45) is -0.355. The molecule has 2 unspecified atom stereocenters. The molecule has 1 aromatic rings. The molecule has 1 aromatic carbocycles. The third-order valence-corrected chi connectivity index (χ3v) is 2.31. The Labute approximate surface area is 87.2 Å². The van der Waals surface area contributed by atoms with Gasteiger partial charge in [-0.15, -0.1) is 0 Å². The van der Waals surface area contributed by atoms with Gasteiger partial charge in [0.15, 0.2) is 0 Å². The zero-order valence-electron chi connectivity index (χ0n) is 8.63. The number of nitrogens with one attached hydrogen (secondary N) is 1. The minimum Gasteiger partial charge on any atom is -0.380 e. The third kappa shape index (κ3) is 2.71. The lowest BCUT2D eigenvalue weighted by molar-refractivity contribution is 0.0817. The van der Waals surface area contributed by atoms with Gasteiger partial charge in [0.2, 0.25) is 0 Å². The molecule has 5 heteroatoms. The second-order valence-corrected chi connectivity index (χ2v) is 3.25. The number of hydrogen-bond acceptors (Lipinski definition) is 3. The molecule has 1 rings (SSSR count). The van der Waals surface area contributed by atoms with E-state index in [9.17, 15) is 8.78 Å². The van der Waals surface area contributed by atoms with Crippen molar-refractivity contribution in [3.8, 4) is 0 Å². The zero-order valence-corrected chi connectivity index (χ0v) is 8.63. The zero-order chi connectivity index (χ0) is 11.4. The Hall–Kier alpha value is -1.04. The summed E-state index contributed by atoms with van der Waals surface area (Å²) in [6.45, 7) is 1.72. The molecule has 3 nitrogen and oxygen atoms in total. The number of hydrogen-bond donors (Lipinski definition) is 2. The van der Waals surface area contributed by atoms with Crippen molar-refractivity contribution in [2.24, 2.45) is 5.84 Å².